The lowest BCUT2D eigenvalue weighted by Crippen LogP contribution is -2.59. The smallest absolute Gasteiger partial charge is 0.345 e. The molecule has 8 aromatic rings. The van der Waals surface area contributed by atoms with Crippen LogP contribution < -0.4 is 41.3 Å². The third kappa shape index (κ3) is 17.1. The molecular weight excluding hydrogens is 1430 g/mol. The Hall–Kier alpha value is -9.95. The minimum Gasteiger partial charge on any atom is -0.477 e. The number of aromatic carboxylic acids is 1. The number of thiophene rings is 2. The van der Waals surface area contributed by atoms with Crippen LogP contribution in [0.3, 0.4) is 0 Å². The van der Waals surface area contributed by atoms with Crippen molar-refractivity contribution in [3.05, 3.63) is 209 Å². The van der Waals surface area contributed by atoms with Crippen LogP contribution >= 0.6 is 34.3 Å². The van der Waals surface area contributed by atoms with Gasteiger partial charge < -0.3 is 51.0 Å². The molecule has 6 N–H and O–H groups in total. The number of carboxylic acids is 1. The average Bonchev–Trinajstić information content (AvgIpc) is 1.72. The van der Waals surface area contributed by atoms with Gasteiger partial charge in [-0.05, 0) is 233 Å². The zero-order valence-electron chi connectivity index (χ0n) is 63.3. The quantitative estimate of drug-likeness (QED) is 0.0633. The summed E-state index contributed by atoms with van der Waals surface area (Å²) in [6.07, 6.45) is 12.3. The van der Waals surface area contributed by atoms with E-state index in [4.69, 9.17) is 36.8 Å². The van der Waals surface area contributed by atoms with Gasteiger partial charge in [0.1, 0.15) is 21.7 Å². The van der Waals surface area contributed by atoms with Crippen molar-refractivity contribution in [1.82, 2.24) is 20.2 Å². The molecule has 0 bridgehead atoms. The third-order valence-electron chi connectivity index (χ3n) is 20.9. The van der Waals surface area contributed by atoms with Crippen molar-refractivity contribution in [3.63, 3.8) is 0 Å². The van der Waals surface area contributed by atoms with Crippen LogP contribution in [0.5, 0.6) is 0 Å². The average molecular weight is 1530 g/mol. The van der Waals surface area contributed by atoms with Gasteiger partial charge in [-0.2, -0.15) is 0 Å². The number of anilines is 6. The number of amides is 5. The van der Waals surface area contributed by atoms with Crippen molar-refractivity contribution in [2.45, 2.75) is 130 Å². The first-order valence-corrected chi connectivity index (χ1v) is 39.1. The first-order valence-electron chi connectivity index (χ1n) is 37.1. The van der Waals surface area contributed by atoms with Crippen LogP contribution in [0.15, 0.2) is 167 Å². The highest BCUT2D eigenvalue weighted by molar-refractivity contribution is 7.16. The van der Waals surface area contributed by atoms with E-state index >= 15 is 0 Å². The number of nitrogens with one attached hydrogen (secondary N) is 3. The number of para-hydroxylation sites is 4. The fraction of sp³-hybridized carbons (Fsp3) is 0.381. The lowest BCUT2D eigenvalue weighted by molar-refractivity contribution is -0.000651. The summed E-state index contributed by atoms with van der Waals surface area (Å²) in [5, 5.41) is 19.4. The zero-order valence-corrected chi connectivity index (χ0v) is 65.7. The van der Waals surface area contributed by atoms with Crippen LogP contribution in [0, 0.1) is 24.7 Å². The van der Waals surface area contributed by atoms with Crippen LogP contribution in [-0.2, 0) is 9.47 Å². The summed E-state index contributed by atoms with van der Waals surface area (Å²) in [5.41, 5.74) is 14.0. The number of carbonyl (C=O) groups is 6. The number of rotatable bonds is 14. The molecule has 2 spiro atoms. The summed E-state index contributed by atoms with van der Waals surface area (Å²) < 4.78 is 11.1. The Balaban J connectivity index is 0.000000167. The Morgan fingerprint density at radius 1 is 0.560 bits per heavy atom. The van der Waals surface area contributed by atoms with Gasteiger partial charge in [0, 0.05) is 125 Å². The van der Waals surface area contributed by atoms with Crippen molar-refractivity contribution in [2.75, 3.05) is 96.9 Å². The highest BCUT2D eigenvalue weighted by atomic mass is 35.5. The maximum atomic E-state index is 14.4. The SMILES string of the molecule is CC(C)=C(Cl)N(C)C.Cc1cnc(N2CC3(CCOCC3)C2)c(C(=O)Nc2ccc(C(=O)N3c4ccccc4N=C(c4ccc(C(=O)NC5CC5)s4)C3(C)C)cc2)c1.Cc1cnc(N2CC3(CCOCC3)C2)c(C(=O)Nc2ccc(C(=O)N3c4ccccc4N=C(c4ccc(C(=O)O)s4)C3(C)C)cc2)c1.NC1CC1. The Morgan fingerprint density at radius 2 is 0.954 bits per heavy atom. The molecule has 0 radical (unpaired) electrons. The molecule has 6 aliphatic heterocycles. The lowest BCUT2D eigenvalue weighted by Gasteiger charge is -2.53. The van der Waals surface area contributed by atoms with Crippen LogP contribution in [0.25, 0.3) is 0 Å². The molecule has 10 heterocycles. The number of fused-ring (bicyclic) bond motifs is 2. The number of hydrogen-bond acceptors (Lipinski definition) is 18. The monoisotopic (exact) mass is 1530 g/mol. The number of nitrogens with two attached hydrogens (primary N) is 1. The van der Waals surface area contributed by atoms with E-state index in [9.17, 15) is 33.9 Å². The van der Waals surface area contributed by atoms with Gasteiger partial charge in [0.25, 0.3) is 29.5 Å². The van der Waals surface area contributed by atoms with Gasteiger partial charge in [0.2, 0.25) is 0 Å². The number of aryl methyl sites for hydroxylation is 2. The number of pyridine rings is 2. The van der Waals surface area contributed by atoms with E-state index in [1.54, 1.807) is 82.9 Å². The largest absolute Gasteiger partial charge is 0.477 e. The minimum absolute atomic E-state index is 0.0720. The van der Waals surface area contributed by atoms with Gasteiger partial charge in [-0.3, -0.25) is 33.8 Å². The van der Waals surface area contributed by atoms with Crippen LogP contribution in [-0.4, -0.2) is 157 Å². The van der Waals surface area contributed by atoms with Crippen molar-refractivity contribution >= 4 is 127 Å². The minimum atomic E-state index is -1.00. The molecule has 16 rings (SSSR count). The van der Waals surface area contributed by atoms with Crippen LogP contribution in [0.2, 0.25) is 0 Å². The van der Waals surface area contributed by atoms with E-state index in [-0.39, 0.29) is 51.3 Å². The summed E-state index contributed by atoms with van der Waals surface area (Å²) in [6.45, 7) is 22.2. The van der Waals surface area contributed by atoms with Crippen molar-refractivity contribution in [3.8, 4) is 0 Å². The predicted octanol–water partition coefficient (Wildman–Crippen LogP) is 15.5. The van der Waals surface area contributed by atoms with Crippen molar-refractivity contribution in [2.24, 2.45) is 26.5 Å². The van der Waals surface area contributed by atoms with Gasteiger partial charge in [-0.15, -0.1) is 22.7 Å². The summed E-state index contributed by atoms with van der Waals surface area (Å²) in [5.74, 6) is -0.632. The van der Waals surface area contributed by atoms with Gasteiger partial charge in [-0.25, -0.2) is 24.7 Å². The van der Waals surface area contributed by atoms with Crippen LogP contribution in [0.1, 0.15) is 175 Å². The lowest BCUT2D eigenvalue weighted by atomic mass is 9.73. The molecule has 109 heavy (non-hydrogen) atoms. The number of aromatic nitrogens is 2. The second-order valence-electron chi connectivity index (χ2n) is 31.0. The molecule has 5 amide bonds. The number of carbonyl (C=O) groups excluding carboxylic acids is 5. The molecule has 0 atom stereocenters. The number of nitrogens with zero attached hydrogens (tertiary/aromatic N) is 9. The summed E-state index contributed by atoms with van der Waals surface area (Å²) >= 11 is 8.28. The normalized spacial score (nSPS) is 17.9. The van der Waals surface area contributed by atoms with Crippen LogP contribution in [0.4, 0.5) is 45.8 Å². The number of ether oxygens (including phenoxy) is 2. The first-order chi connectivity index (χ1) is 52.1. The highest BCUT2D eigenvalue weighted by Crippen LogP contribution is 2.47. The molecule has 0 unspecified atom stereocenters. The van der Waals surface area contributed by atoms with Gasteiger partial charge in [0.15, 0.2) is 0 Å². The first kappa shape index (κ1) is 77.2. The zero-order chi connectivity index (χ0) is 77.3. The maximum absolute atomic E-state index is 14.4. The summed E-state index contributed by atoms with van der Waals surface area (Å²) in [4.78, 5) is 112. The number of carboxylic acid groups (broad SMARTS) is 1. The molecule has 22 nitrogen and oxygen atoms in total. The molecule has 4 saturated heterocycles. The Labute approximate surface area is 649 Å². The van der Waals surface area contributed by atoms with E-state index in [1.165, 1.54) is 24.2 Å². The fourth-order valence-electron chi connectivity index (χ4n) is 14.5. The van der Waals surface area contributed by atoms with Crippen molar-refractivity contribution < 1.29 is 43.3 Å². The number of benzene rings is 4. The molecule has 6 fully saturated rings. The third-order valence-corrected chi connectivity index (χ3v) is 23.8. The molecule has 25 heteroatoms. The molecule has 4 aromatic carbocycles. The summed E-state index contributed by atoms with van der Waals surface area (Å²) in [6, 6.07) is 40.5. The van der Waals surface area contributed by atoms with E-state index in [2.05, 4.69) is 35.7 Å². The Morgan fingerprint density at radius 3 is 1.31 bits per heavy atom. The van der Waals surface area contributed by atoms with Gasteiger partial charge in [-0.1, -0.05) is 35.9 Å². The molecular formula is C84H94ClN13O9S2. The second kappa shape index (κ2) is 31.9. The molecule has 4 aromatic heterocycles. The molecule has 8 aliphatic rings. The maximum Gasteiger partial charge on any atom is 0.345 e. The van der Waals surface area contributed by atoms with Gasteiger partial charge in [0.05, 0.1) is 71.0 Å². The standard InChI is InChI=1S/C39H40N6O4S.C36H35N5O5S.C6H12ClN.C3H7N/c1-24-20-28(34(40-21-24)44-22-39(23-44)16-18-49-19-17-39)35(46)41-26-10-8-25(9-11-26)37(48)45-30-7-5-4-6-29(30)43-33(38(45,2)3)31-14-15-32(50-31)36(47)42-27-12-13-27;1-22-18-25(31(37-19-22)40-20-36(21-40)14-16-46-17-15-36)32(42)38-24-10-8-23(9-11-24)33(43)41-27-7-5-4-6-26(27)39-30(35(41,2)3)28-12-13-29(47-28)34(44)45;1-5(2)6(7)8(3)4;4-3-1-2-3/h4-11,14-15,20-21,27H,12-13,16-19,22-23H2,1-3H3,(H,41,46)(H,42,47);4-13,18-19H,14-17,20-21H2,1-3H3,(H,38,42)(H,44,45);1-4H3;3H,1-2,4H2. The number of halogens is 1. The topological polar surface area (TPSA) is 270 Å². The van der Waals surface area contributed by atoms with E-state index in [0.29, 0.717) is 89.5 Å². The molecule has 2 saturated carbocycles. The second-order valence-corrected chi connectivity index (χ2v) is 33.5. The Kier molecular flexibility index (Phi) is 22.6. The number of aliphatic imine (C=N–C) groups is 2. The van der Waals surface area contributed by atoms with E-state index < -0.39 is 17.0 Å². The van der Waals surface area contributed by atoms with Gasteiger partial charge >= 0.3 is 5.97 Å². The fourth-order valence-corrected chi connectivity index (χ4v) is 16.6. The number of allylic oxidation sites excluding steroid dienone is 1. The number of hydrogen-bond donors (Lipinski definition) is 5. The highest BCUT2D eigenvalue weighted by Gasteiger charge is 2.48. The molecule has 568 valence electrons. The summed E-state index contributed by atoms with van der Waals surface area (Å²) in [7, 11) is 3.85. The molecule has 2 aliphatic carbocycles. The predicted molar refractivity (Wildman–Crippen MR) is 434 cm³/mol. The Bertz CT molecular complexity index is 4870. The van der Waals surface area contributed by atoms with E-state index in [0.717, 1.165) is 135 Å². The van der Waals surface area contributed by atoms with Crippen molar-refractivity contribution in [1.29, 1.82) is 0 Å². The van der Waals surface area contributed by atoms with E-state index in [1.807, 2.05) is 147 Å².